The number of methoxy groups -OCH3 is 4. The first-order valence-corrected chi connectivity index (χ1v) is 8.11. The molecule has 2 aromatic rings. The van der Waals surface area contributed by atoms with Gasteiger partial charge < -0.3 is 18.9 Å². The van der Waals surface area contributed by atoms with Crippen LogP contribution in [0.1, 0.15) is 28.3 Å². The molecule has 5 nitrogen and oxygen atoms in total. The van der Waals surface area contributed by atoms with Crippen LogP contribution >= 0.6 is 0 Å². The van der Waals surface area contributed by atoms with E-state index in [1.807, 2.05) is 24.3 Å². The molecular formula is C20H22O5. The molecule has 1 fully saturated rings. The Kier molecular flexibility index (Phi) is 4.83. The van der Waals surface area contributed by atoms with Gasteiger partial charge in [0.2, 0.25) is 5.75 Å². The average molecular weight is 342 g/mol. The molecule has 0 radical (unpaired) electrons. The maximum Gasteiger partial charge on any atom is 0.203 e. The Hall–Kier alpha value is -2.69. The molecule has 1 aliphatic rings. The number of carbonyl (C=O) groups excluding carboxylic acids is 1. The average Bonchev–Trinajstić information content (AvgIpc) is 3.46. The van der Waals surface area contributed by atoms with Crippen LogP contribution in [-0.4, -0.2) is 34.2 Å². The van der Waals surface area contributed by atoms with E-state index in [0.717, 1.165) is 17.7 Å². The fraction of sp³-hybridized carbons (Fsp3) is 0.350. The van der Waals surface area contributed by atoms with E-state index >= 15 is 0 Å². The second-order valence-corrected chi connectivity index (χ2v) is 6.00. The van der Waals surface area contributed by atoms with Crippen molar-refractivity contribution in [3.05, 3.63) is 47.5 Å². The Bertz CT molecular complexity index is 741. The number of hydrogen-bond donors (Lipinski definition) is 0. The van der Waals surface area contributed by atoms with Gasteiger partial charge in [-0.3, -0.25) is 4.79 Å². The molecule has 2 aromatic carbocycles. The summed E-state index contributed by atoms with van der Waals surface area (Å²) in [4.78, 5) is 12.9. The van der Waals surface area contributed by atoms with Gasteiger partial charge in [0.1, 0.15) is 5.75 Å². The maximum absolute atomic E-state index is 12.9. The standard InChI is InChI=1S/C20H22O5/c1-22-14-7-5-12(6-8-14)15-11-16(15)19(21)13-9-17(23-2)20(25-4)18(10-13)24-3/h5-10,15-16H,11H2,1-4H3. The van der Waals surface area contributed by atoms with E-state index < -0.39 is 0 Å². The van der Waals surface area contributed by atoms with Crippen molar-refractivity contribution in [2.45, 2.75) is 12.3 Å². The largest absolute Gasteiger partial charge is 0.497 e. The van der Waals surface area contributed by atoms with Gasteiger partial charge in [-0.1, -0.05) is 12.1 Å². The third-order valence-electron chi connectivity index (χ3n) is 4.62. The third kappa shape index (κ3) is 3.27. The Morgan fingerprint density at radius 2 is 1.48 bits per heavy atom. The predicted molar refractivity (Wildman–Crippen MR) is 94.3 cm³/mol. The smallest absolute Gasteiger partial charge is 0.203 e. The van der Waals surface area contributed by atoms with Gasteiger partial charge in [0.25, 0.3) is 0 Å². The second-order valence-electron chi connectivity index (χ2n) is 6.00. The van der Waals surface area contributed by atoms with Crippen molar-refractivity contribution < 1.29 is 23.7 Å². The Morgan fingerprint density at radius 3 is 1.96 bits per heavy atom. The summed E-state index contributed by atoms with van der Waals surface area (Å²) in [6.07, 6.45) is 0.849. The molecule has 0 aliphatic heterocycles. The monoisotopic (exact) mass is 342 g/mol. The SMILES string of the molecule is COc1ccc(C2CC2C(=O)c2cc(OC)c(OC)c(OC)c2)cc1. The second kappa shape index (κ2) is 7.05. The molecule has 0 spiro atoms. The summed E-state index contributed by atoms with van der Waals surface area (Å²) in [5.41, 5.74) is 1.74. The highest BCUT2D eigenvalue weighted by molar-refractivity contribution is 6.01. The Balaban J connectivity index is 1.82. The van der Waals surface area contributed by atoms with E-state index in [-0.39, 0.29) is 17.6 Å². The number of rotatable bonds is 7. The summed E-state index contributed by atoms with van der Waals surface area (Å²) in [6.45, 7) is 0. The summed E-state index contributed by atoms with van der Waals surface area (Å²) >= 11 is 0. The zero-order valence-corrected chi connectivity index (χ0v) is 14.9. The number of ketones is 1. The van der Waals surface area contributed by atoms with Crippen molar-refractivity contribution in [2.24, 2.45) is 5.92 Å². The van der Waals surface area contributed by atoms with Crippen LogP contribution < -0.4 is 18.9 Å². The molecule has 0 saturated heterocycles. The van der Waals surface area contributed by atoms with E-state index in [0.29, 0.717) is 22.8 Å². The van der Waals surface area contributed by atoms with Crippen molar-refractivity contribution in [2.75, 3.05) is 28.4 Å². The molecule has 0 bridgehead atoms. The highest BCUT2D eigenvalue weighted by atomic mass is 16.5. The zero-order chi connectivity index (χ0) is 18.0. The van der Waals surface area contributed by atoms with Crippen LogP contribution in [0.5, 0.6) is 23.0 Å². The highest BCUT2D eigenvalue weighted by Crippen LogP contribution is 2.50. The number of Topliss-reactive ketones (excluding diaryl/α,β-unsaturated/α-hetero) is 1. The van der Waals surface area contributed by atoms with Gasteiger partial charge in [-0.05, 0) is 42.2 Å². The Labute approximate surface area is 147 Å². The third-order valence-corrected chi connectivity index (χ3v) is 4.62. The first-order valence-electron chi connectivity index (χ1n) is 8.11. The summed E-state index contributed by atoms with van der Waals surface area (Å²) in [5.74, 6) is 2.62. The molecule has 0 N–H and O–H groups in total. The molecule has 25 heavy (non-hydrogen) atoms. The lowest BCUT2D eigenvalue weighted by Gasteiger charge is -2.13. The van der Waals surface area contributed by atoms with Crippen LogP contribution in [0.25, 0.3) is 0 Å². The molecule has 3 rings (SSSR count). The number of hydrogen-bond acceptors (Lipinski definition) is 5. The maximum atomic E-state index is 12.9. The van der Waals surface area contributed by atoms with Gasteiger partial charge in [-0.2, -0.15) is 0 Å². The minimum Gasteiger partial charge on any atom is -0.497 e. The minimum atomic E-state index is -0.0174. The number of benzene rings is 2. The molecule has 132 valence electrons. The lowest BCUT2D eigenvalue weighted by atomic mass is 10.0. The molecule has 2 unspecified atom stereocenters. The molecule has 2 atom stereocenters. The van der Waals surface area contributed by atoms with Gasteiger partial charge in [-0.15, -0.1) is 0 Å². The van der Waals surface area contributed by atoms with Crippen LogP contribution in [-0.2, 0) is 0 Å². The topological polar surface area (TPSA) is 54.0 Å². The summed E-state index contributed by atoms with van der Waals surface area (Å²) in [7, 11) is 6.27. The van der Waals surface area contributed by atoms with Crippen molar-refractivity contribution in [1.29, 1.82) is 0 Å². The van der Waals surface area contributed by atoms with Crippen molar-refractivity contribution in [1.82, 2.24) is 0 Å². The van der Waals surface area contributed by atoms with Crippen LogP contribution in [0.4, 0.5) is 0 Å². The predicted octanol–water partition coefficient (Wildman–Crippen LogP) is 3.71. The summed E-state index contributed by atoms with van der Waals surface area (Å²) in [6, 6.07) is 11.3. The van der Waals surface area contributed by atoms with E-state index in [4.69, 9.17) is 18.9 Å². The fourth-order valence-corrected chi connectivity index (χ4v) is 3.14. The molecule has 0 amide bonds. The van der Waals surface area contributed by atoms with Gasteiger partial charge >= 0.3 is 0 Å². The van der Waals surface area contributed by atoms with E-state index in [9.17, 15) is 4.79 Å². The molecule has 0 heterocycles. The first-order chi connectivity index (χ1) is 12.1. The normalized spacial score (nSPS) is 18.4. The molecule has 1 aliphatic carbocycles. The fourth-order valence-electron chi connectivity index (χ4n) is 3.14. The Morgan fingerprint density at radius 1 is 0.880 bits per heavy atom. The van der Waals surface area contributed by atoms with Gasteiger partial charge in [0, 0.05) is 11.5 Å². The summed E-state index contributed by atoms with van der Waals surface area (Å²) in [5, 5.41) is 0. The first kappa shape index (κ1) is 17.1. The quantitative estimate of drug-likeness (QED) is 0.718. The number of ether oxygens (including phenoxy) is 4. The van der Waals surface area contributed by atoms with E-state index in [1.165, 1.54) is 0 Å². The van der Waals surface area contributed by atoms with Crippen LogP contribution in [0.3, 0.4) is 0 Å². The zero-order valence-electron chi connectivity index (χ0n) is 14.9. The summed E-state index contributed by atoms with van der Waals surface area (Å²) < 4.78 is 21.2. The molecule has 1 saturated carbocycles. The molecule has 0 aromatic heterocycles. The number of carbonyl (C=O) groups is 1. The minimum absolute atomic E-state index is 0.0174. The van der Waals surface area contributed by atoms with Crippen LogP contribution in [0, 0.1) is 5.92 Å². The molecule has 5 heteroatoms. The van der Waals surface area contributed by atoms with Gasteiger partial charge in [0.15, 0.2) is 17.3 Å². The highest BCUT2D eigenvalue weighted by Gasteiger charge is 2.44. The lowest BCUT2D eigenvalue weighted by Crippen LogP contribution is -2.05. The van der Waals surface area contributed by atoms with Crippen molar-refractivity contribution >= 4 is 5.78 Å². The van der Waals surface area contributed by atoms with E-state index in [1.54, 1.807) is 40.6 Å². The van der Waals surface area contributed by atoms with Crippen LogP contribution in [0.2, 0.25) is 0 Å². The van der Waals surface area contributed by atoms with E-state index in [2.05, 4.69) is 0 Å². The van der Waals surface area contributed by atoms with Gasteiger partial charge in [0.05, 0.1) is 28.4 Å². The van der Waals surface area contributed by atoms with Crippen molar-refractivity contribution in [3.8, 4) is 23.0 Å². The van der Waals surface area contributed by atoms with Crippen molar-refractivity contribution in [3.63, 3.8) is 0 Å². The van der Waals surface area contributed by atoms with Crippen LogP contribution in [0.15, 0.2) is 36.4 Å². The lowest BCUT2D eigenvalue weighted by molar-refractivity contribution is 0.0964. The molecular weight excluding hydrogens is 320 g/mol. The van der Waals surface area contributed by atoms with Gasteiger partial charge in [-0.25, -0.2) is 0 Å².